The number of nitrogens with zero attached hydrogens (tertiary/aromatic N) is 2. The van der Waals surface area contributed by atoms with Gasteiger partial charge in [-0.2, -0.15) is 0 Å². The van der Waals surface area contributed by atoms with Crippen LogP contribution in [0.4, 0.5) is 5.69 Å². The van der Waals surface area contributed by atoms with Crippen LogP contribution in [-0.2, 0) is 10.0 Å². The van der Waals surface area contributed by atoms with Crippen LogP contribution in [0.2, 0.25) is 0 Å². The van der Waals surface area contributed by atoms with Crippen molar-refractivity contribution >= 4 is 37.8 Å². The topological polar surface area (TPSA) is 120 Å². The van der Waals surface area contributed by atoms with Gasteiger partial charge in [-0.3, -0.25) is 4.72 Å². The molecule has 1 aromatic heterocycles. The molecule has 0 unspecified atom stereocenters. The van der Waals surface area contributed by atoms with E-state index < -0.39 is 10.0 Å². The molecule has 2 N–H and O–H groups in total. The maximum absolute atomic E-state index is 14.1. The lowest BCUT2D eigenvalue weighted by atomic mass is 9.89. The fourth-order valence-corrected chi connectivity index (χ4v) is 6.86. The third kappa shape index (κ3) is 6.30. The summed E-state index contributed by atoms with van der Waals surface area (Å²) >= 11 is 0. The zero-order valence-corrected chi connectivity index (χ0v) is 27.3. The van der Waals surface area contributed by atoms with Crippen molar-refractivity contribution in [2.24, 2.45) is 0 Å². The molecule has 3 aromatic carbocycles. The SMILES string of the molecule is CCOc1c(O)c(OCC)c2nc3ccc(NS(=O)(=O)c4c(C(C)C)cc(C(C)C)cc4C(C)C)cc3nc2c1OCC. The maximum Gasteiger partial charge on any atom is 0.262 e. The third-order valence-corrected chi connectivity index (χ3v) is 8.71. The van der Waals surface area contributed by atoms with Crippen LogP contribution < -0.4 is 18.9 Å². The molecule has 0 aliphatic heterocycles. The van der Waals surface area contributed by atoms with E-state index >= 15 is 0 Å². The van der Waals surface area contributed by atoms with E-state index in [1.807, 2.05) is 46.8 Å². The number of aromatic hydroxyl groups is 1. The minimum atomic E-state index is -3.96. The molecule has 0 radical (unpaired) electrons. The van der Waals surface area contributed by atoms with Gasteiger partial charge >= 0.3 is 0 Å². The Balaban J connectivity index is 1.91. The lowest BCUT2D eigenvalue weighted by Crippen LogP contribution is -2.19. The summed E-state index contributed by atoms with van der Waals surface area (Å²) < 4.78 is 48.3. The van der Waals surface area contributed by atoms with Crippen LogP contribution in [0.3, 0.4) is 0 Å². The van der Waals surface area contributed by atoms with Gasteiger partial charge in [0.25, 0.3) is 10.0 Å². The Morgan fingerprint density at radius 3 is 1.77 bits per heavy atom. The monoisotopic (exact) mass is 609 g/mol. The Hall–Kier alpha value is -3.79. The lowest BCUT2D eigenvalue weighted by molar-refractivity contribution is 0.266. The molecule has 0 bridgehead atoms. The highest BCUT2D eigenvalue weighted by molar-refractivity contribution is 7.92. The molecule has 4 aromatic rings. The highest BCUT2D eigenvalue weighted by atomic mass is 32.2. The average Bonchev–Trinajstić information content (AvgIpc) is 2.95. The van der Waals surface area contributed by atoms with Gasteiger partial charge in [0.05, 0.1) is 41.4 Å². The summed E-state index contributed by atoms with van der Waals surface area (Å²) in [7, 11) is -3.96. The predicted octanol–water partition coefficient (Wildman–Crippen LogP) is 7.86. The molecule has 0 fully saturated rings. The van der Waals surface area contributed by atoms with Crippen molar-refractivity contribution in [2.45, 2.75) is 85.0 Å². The molecule has 0 saturated heterocycles. The van der Waals surface area contributed by atoms with E-state index in [1.54, 1.807) is 32.0 Å². The van der Waals surface area contributed by atoms with E-state index in [1.165, 1.54) is 0 Å². The summed E-state index contributed by atoms with van der Waals surface area (Å²) in [6.07, 6.45) is 0. The Kier molecular flexibility index (Phi) is 9.59. The molecule has 0 spiro atoms. The van der Waals surface area contributed by atoms with Crippen molar-refractivity contribution in [1.29, 1.82) is 0 Å². The smallest absolute Gasteiger partial charge is 0.262 e. The van der Waals surface area contributed by atoms with Crippen molar-refractivity contribution in [3.63, 3.8) is 0 Å². The molecule has 232 valence electrons. The van der Waals surface area contributed by atoms with Crippen LogP contribution in [0.15, 0.2) is 35.2 Å². The highest BCUT2D eigenvalue weighted by Crippen LogP contribution is 2.50. The first-order valence-electron chi connectivity index (χ1n) is 14.9. The molecule has 0 aliphatic carbocycles. The first kappa shape index (κ1) is 32.1. The second-order valence-electron chi connectivity index (χ2n) is 11.4. The van der Waals surface area contributed by atoms with Crippen molar-refractivity contribution in [3.8, 4) is 23.0 Å². The Morgan fingerprint density at radius 2 is 1.23 bits per heavy atom. The van der Waals surface area contributed by atoms with Crippen molar-refractivity contribution in [2.75, 3.05) is 24.5 Å². The number of aromatic nitrogens is 2. The minimum Gasteiger partial charge on any atom is -0.502 e. The number of phenolic OH excluding ortho intramolecular Hbond substituents is 1. The van der Waals surface area contributed by atoms with Gasteiger partial charge in [0.2, 0.25) is 11.5 Å². The van der Waals surface area contributed by atoms with E-state index in [4.69, 9.17) is 24.2 Å². The first-order valence-corrected chi connectivity index (χ1v) is 16.4. The van der Waals surface area contributed by atoms with Crippen LogP contribution >= 0.6 is 0 Å². The Morgan fingerprint density at radius 1 is 0.721 bits per heavy atom. The molecule has 1 heterocycles. The van der Waals surface area contributed by atoms with Gasteiger partial charge in [0, 0.05) is 0 Å². The van der Waals surface area contributed by atoms with E-state index in [9.17, 15) is 13.5 Å². The quantitative estimate of drug-likeness (QED) is 0.156. The van der Waals surface area contributed by atoms with Crippen molar-refractivity contribution < 1.29 is 27.7 Å². The minimum absolute atomic E-state index is 0.00378. The van der Waals surface area contributed by atoms with Gasteiger partial charge in [-0.05, 0) is 73.4 Å². The average molecular weight is 610 g/mol. The Bertz CT molecular complexity index is 1720. The van der Waals surface area contributed by atoms with Gasteiger partial charge in [-0.15, -0.1) is 0 Å². The fraction of sp³-hybridized carbons (Fsp3) is 0.455. The lowest BCUT2D eigenvalue weighted by Gasteiger charge is -2.23. The highest BCUT2D eigenvalue weighted by Gasteiger charge is 2.28. The molecular weight excluding hydrogens is 566 g/mol. The second-order valence-corrected chi connectivity index (χ2v) is 13.0. The van der Waals surface area contributed by atoms with Crippen LogP contribution in [-0.4, -0.2) is 43.3 Å². The number of fused-ring (bicyclic) bond motifs is 2. The van der Waals surface area contributed by atoms with Gasteiger partial charge in [-0.25, -0.2) is 18.4 Å². The van der Waals surface area contributed by atoms with E-state index in [-0.39, 0.29) is 54.0 Å². The molecule has 0 atom stereocenters. The molecule has 0 amide bonds. The van der Waals surface area contributed by atoms with Gasteiger partial charge in [0.15, 0.2) is 11.5 Å². The molecule has 43 heavy (non-hydrogen) atoms. The van der Waals surface area contributed by atoms with Gasteiger partial charge in [-0.1, -0.05) is 53.7 Å². The van der Waals surface area contributed by atoms with E-state index in [0.29, 0.717) is 39.3 Å². The number of ether oxygens (including phenoxy) is 3. The summed E-state index contributed by atoms with van der Waals surface area (Å²) in [5.74, 6) is 0.586. The number of anilines is 1. The second kappa shape index (κ2) is 12.8. The zero-order chi connectivity index (χ0) is 31.6. The number of benzene rings is 3. The fourth-order valence-electron chi connectivity index (χ4n) is 5.11. The summed E-state index contributed by atoms with van der Waals surface area (Å²) in [4.78, 5) is 9.88. The standard InChI is InChI=1S/C33H43N3O6S/c1-10-40-30-27-28(31(41-11-2)32(29(30)37)42-12-3)35-26-17-22(13-14-25(26)34-27)36-43(38,39)33-23(19(6)7)15-21(18(4)5)16-24(33)20(8)9/h13-20,36-37H,10-12H2,1-9H3. The van der Waals surface area contributed by atoms with Crippen molar-refractivity contribution in [3.05, 3.63) is 47.0 Å². The van der Waals surface area contributed by atoms with Gasteiger partial charge < -0.3 is 19.3 Å². The molecule has 0 saturated carbocycles. The molecular formula is C33H43N3O6S. The van der Waals surface area contributed by atoms with Crippen molar-refractivity contribution in [1.82, 2.24) is 9.97 Å². The number of rotatable bonds is 12. The number of phenols is 1. The zero-order valence-electron chi connectivity index (χ0n) is 26.5. The summed E-state index contributed by atoms with van der Waals surface area (Å²) in [6, 6.07) is 9.03. The Labute approximate surface area is 254 Å². The predicted molar refractivity (Wildman–Crippen MR) is 172 cm³/mol. The number of hydrogen-bond donors (Lipinski definition) is 2. The third-order valence-electron chi connectivity index (χ3n) is 7.20. The number of sulfonamides is 1. The summed E-state index contributed by atoms with van der Waals surface area (Å²) in [5, 5.41) is 11.0. The van der Waals surface area contributed by atoms with E-state index in [0.717, 1.165) is 16.7 Å². The first-order chi connectivity index (χ1) is 20.3. The molecule has 9 nitrogen and oxygen atoms in total. The van der Waals surface area contributed by atoms with Crippen LogP contribution in [0.1, 0.15) is 96.8 Å². The van der Waals surface area contributed by atoms with E-state index in [2.05, 4.69) is 18.6 Å². The number of hydrogen-bond acceptors (Lipinski definition) is 8. The number of nitrogens with one attached hydrogen (secondary N) is 1. The van der Waals surface area contributed by atoms with Crippen LogP contribution in [0, 0.1) is 0 Å². The largest absolute Gasteiger partial charge is 0.502 e. The summed E-state index contributed by atoms with van der Waals surface area (Å²) in [6.45, 7) is 18.6. The van der Waals surface area contributed by atoms with Crippen LogP contribution in [0.5, 0.6) is 23.0 Å². The summed E-state index contributed by atoms with van der Waals surface area (Å²) in [5.41, 5.74) is 4.65. The molecule has 0 aliphatic rings. The van der Waals surface area contributed by atoms with Crippen LogP contribution in [0.25, 0.3) is 22.1 Å². The van der Waals surface area contributed by atoms with Gasteiger partial charge in [0.1, 0.15) is 11.0 Å². The maximum atomic E-state index is 14.1. The molecule has 10 heteroatoms. The molecule has 4 rings (SSSR count). The normalized spacial score (nSPS) is 12.1.